The van der Waals surface area contributed by atoms with E-state index >= 15 is 0 Å². The molecule has 293 valence electrons. The molecule has 0 aliphatic heterocycles. The molecule has 4 nitrogen and oxygen atoms in total. The van der Waals surface area contributed by atoms with Crippen molar-refractivity contribution in [3.8, 4) is 22.3 Å². The zero-order valence-corrected chi connectivity index (χ0v) is 35.4. The fourth-order valence-corrected chi connectivity index (χ4v) is 5.85. The van der Waals surface area contributed by atoms with Gasteiger partial charge in [0.1, 0.15) is 0 Å². The molecule has 0 saturated heterocycles. The first kappa shape index (κ1) is 46.5. The van der Waals surface area contributed by atoms with Crippen LogP contribution in [0.1, 0.15) is 63.8 Å². The molecule has 0 atom stereocenters. The molecule has 0 fully saturated rings. The van der Waals surface area contributed by atoms with E-state index in [0.717, 1.165) is 52.4 Å². The van der Waals surface area contributed by atoms with Gasteiger partial charge in [0.25, 0.3) is 0 Å². The molecule has 1 radical (unpaired) electrons. The fourth-order valence-electron chi connectivity index (χ4n) is 5.85. The van der Waals surface area contributed by atoms with Crippen molar-refractivity contribution in [3.05, 3.63) is 131 Å². The molecule has 2 amide bonds. The molecule has 0 heterocycles. The van der Waals surface area contributed by atoms with E-state index in [1.54, 1.807) is 36.4 Å². The van der Waals surface area contributed by atoms with Gasteiger partial charge in [-0.2, -0.15) is 38.5 Å². The van der Waals surface area contributed by atoms with Gasteiger partial charge < -0.3 is 10.5 Å². The molecular weight excluding hydrogens is 851 g/mol. The Morgan fingerprint density at radius 2 is 0.875 bits per heavy atom. The van der Waals surface area contributed by atoms with Crippen LogP contribution in [0.2, 0.25) is 0 Å². The number of hydrogen-bond donors (Lipinski definition) is 2. The SMILES string of the molecule is CC(C)(C)c1cc2c(-c3ccccc3C(F)(F)F)cccc2[cH-]1.CC(C)(C)c1cc2c(-c3ccccc3C(F)(F)F)cccc2[cH-]1.O=CN[B]NC=O.[Cl][Zr+2][Cl]. The van der Waals surface area contributed by atoms with Gasteiger partial charge in [-0.25, -0.2) is 0 Å². The van der Waals surface area contributed by atoms with E-state index in [9.17, 15) is 35.9 Å². The maximum atomic E-state index is 13.3. The molecule has 0 aromatic heterocycles. The number of fused-ring (bicyclic) bond motifs is 2. The standard InChI is InChI=1S/2C20H18F3.C2H4BN2O2.2ClH.Zr/c2*1-19(2,3)14-11-13-7-6-9-15(17(13)12-14)16-8-4-5-10-18(16)20(21,22)23;6-1-4-3-5-2-7;;;/h2*4-12H,1-3H3;1-2H,(H,4,6)(H,5,7);2*1H;/q2*-1;;;;+4/p-2. The molecule has 2 N–H and O–H groups in total. The van der Waals surface area contributed by atoms with E-state index < -0.39 is 44.3 Å². The van der Waals surface area contributed by atoms with Crippen molar-refractivity contribution >= 4 is 58.9 Å². The van der Waals surface area contributed by atoms with Crippen molar-refractivity contribution in [1.29, 1.82) is 0 Å². The van der Waals surface area contributed by atoms with Gasteiger partial charge in [-0.05, 0) is 34.1 Å². The molecule has 6 aromatic rings. The second-order valence-corrected chi connectivity index (χ2v) is 18.2. The van der Waals surface area contributed by atoms with Gasteiger partial charge in [0.2, 0.25) is 0 Å². The number of rotatable bonds is 6. The number of carbonyl (C=O) groups excluding carboxylic acids is 2. The first-order chi connectivity index (χ1) is 26.2. The Morgan fingerprint density at radius 1 is 0.554 bits per heavy atom. The molecule has 0 aliphatic carbocycles. The molecule has 14 heteroatoms. The number of benzene rings is 4. The third kappa shape index (κ3) is 12.6. The molecule has 0 aliphatic rings. The van der Waals surface area contributed by atoms with E-state index in [1.807, 2.05) is 36.4 Å². The van der Waals surface area contributed by atoms with Crippen LogP contribution in [0.25, 0.3) is 43.8 Å². The molecule has 0 spiro atoms. The summed E-state index contributed by atoms with van der Waals surface area (Å²) in [6.07, 6.45) is -7.82. The Labute approximate surface area is 342 Å². The number of alkyl halides is 6. The van der Waals surface area contributed by atoms with Crippen LogP contribution >= 0.6 is 17.0 Å². The van der Waals surface area contributed by atoms with Crippen LogP contribution in [-0.4, -0.2) is 20.4 Å². The van der Waals surface area contributed by atoms with Gasteiger partial charge in [0, 0.05) is 0 Å². The van der Waals surface area contributed by atoms with Gasteiger partial charge in [-0.3, -0.25) is 9.59 Å². The van der Waals surface area contributed by atoms with Crippen LogP contribution in [0.5, 0.6) is 0 Å². The van der Waals surface area contributed by atoms with E-state index in [2.05, 4.69) is 64.1 Å². The molecular formula is C42H40BCl2F6N2O2Zr. The van der Waals surface area contributed by atoms with E-state index in [-0.39, 0.29) is 22.0 Å². The van der Waals surface area contributed by atoms with Crippen LogP contribution in [-0.2, 0) is 53.6 Å². The first-order valence-corrected chi connectivity index (χ1v) is 23.4. The van der Waals surface area contributed by atoms with Crippen molar-refractivity contribution in [2.45, 2.75) is 64.7 Å². The summed E-state index contributed by atoms with van der Waals surface area (Å²) in [5.41, 5.74) is 2.72. The number of amides is 2. The van der Waals surface area contributed by atoms with Crippen LogP contribution in [0.4, 0.5) is 26.3 Å². The predicted molar refractivity (Wildman–Crippen MR) is 213 cm³/mol. The summed E-state index contributed by atoms with van der Waals surface area (Å²) in [6.45, 7) is 12.6. The van der Waals surface area contributed by atoms with Gasteiger partial charge in [0.15, 0.2) is 12.8 Å². The monoisotopic (exact) mass is 889 g/mol. The summed E-state index contributed by atoms with van der Waals surface area (Å²) in [5.74, 6) is 0. The van der Waals surface area contributed by atoms with E-state index in [4.69, 9.17) is 17.0 Å². The molecule has 0 saturated carbocycles. The van der Waals surface area contributed by atoms with E-state index in [1.165, 1.54) is 12.1 Å². The molecule has 0 unspecified atom stereocenters. The van der Waals surface area contributed by atoms with Crippen LogP contribution in [0.3, 0.4) is 0 Å². The summed E-state index contributed by atoms with van der Waals surface area (Å²) < 4.78 is 80.0. The fraction of sp³-hybridized carbons (Fsp3) is 0.238. The Morgan fingerprint density at radius 3 is 1.18 bits per heavy atom. The summed E-state index contributed by atoms with van der Waals surface area (Å²) in [6, 6.07) is 30.7. The zero-order chi connectivity index (χ0) is 41.9. The van der Waals surface area contributed by atoms with Crippen LogP contribution < -0.4 is 10.5 Å². The molecule has 6 rings (SSSR count). The quantitative estimate of drug-likeness (QED) is 0.0575. The second-order valence-electron chi connectivity index (χ2n) is 14.5. The molecule has 56 heavy (non-hydrogen) atoms. The maximum absolute atomic E-state index is 13.3. The number of halogens is 8. The molecule has 6 aromatic carbocycles. The normalized spacial score (nSPS) is 11.5. The Hall–Kier alpha value is -3.85. The second kappa shape index (κ2) is 20.0. The van der Waals surface area contributed by atoms with Gasteiger partial charge >= 0.3 is 57.8 Å². The number of carbonyl (C=O) groups is 2. The predicted octanol–water partition coefficient (Wildman–Crippen LogP) is 12.5. The number of nitrogens with one attached hydrogen (secondary N) is 2. The average molecular weight is 892 g/mol. The van der Waals surface area contributed by atoms with E-state index in [0.29, 0.717) is 23.9 Å². The van der Waals surface area contributed by atoms with Crippen molar-refractivity contribution in [3.63, 3.8) is 0 Å². The van der Waals surface area contributed by atoms with Crippen LogP contribution in [0.15, 0.2) is 109 Å². The topological polar surface area (TPSA) is 58.2 Å². The van der Waals surface area contributed by atoms with Gasteiger partial charge in [-0.15, -0.1) is 69.1 Å². The minimum absolute atomic E-state index is 0.0418. The Bertz CT molecular complexity index is 2050. The summed E-state index contributed by atoms with van der Waals surface area (Å²) in [7, 11) is 11.0. The van der Waals surface area contributed by atoms with Crippen LogP contribution in [0, 0.1) is 0 Å². The third-order valence-electron chi connectivity index (χ3n) is 8.58. The summed E-state index contributed by atoms with van der Waals surface area (Å²) >= 11 is -0.826. The van der Waals surface area contributed by atoms with Crippen molar-refractivity contribution in [1.82, 2.24) is 10.5 Å². The summed E-state index contributed by atoms with van der Waals surface area (Å²) in [5, 5.41) is 7.89. The van der Waals surface area contributed by atoms with Crippen molar-refractivity contribution < 1.29 is 56.8 Å². The average Bonchev–Trinajstić information content (AvgIpc) is 3.78. The van der Waals surface area contributed by atoms with Crippen molar-refractivity contribution in [2.24, 2.45) is 0 Å². The third-order valence-corrected chi connectivity index (χ3v) is 8.58. The first-order valence-electron chi connectivity index (χ1n) is 17.1. The Kier molecular flexibility index (Phi) is 16.6. The summed E-state index contributed by atoms with van der Waals surface area (Å²) in [4.78, 5) is 18.8. The van der Waals surface area contributed by atoms with Crippen molar-refractivity contribution in [2.75, 3.05) is 0 Å². The van der Waals surface area contributed by atoms with Gasteiger partial charge in [-0.1, -0.05) is 101 Å². The minimum atomic E-state index is -4.36. The molecule has 0 bridgehead atoms. The zero-order valence-electron chi connectivity index (χ0n) is 31.5. The number of hydrogen-bond acceptors (Lipinski definition) is 2. The van der Waals surface area contributed by atoms with Gasteiger partial charge in [0.05, 0.1) is 11.1 Å². The Balaban J connectivity index is 0.000000243.